The molecular weight excluding hydrogens is 244 g/mol. The van der Waals surface area contributed by atoms with Crippen molar-refractivity contribution < 1.29 is 9.26 Å². The van der Waals surface area contributed by atoms with E-state index in [1.54, 1.807) is 12.4 Å². The van der Waals surface area contributed by atoms with Gasteiger partial charge >= 0.3 is 0 Å². The minimum absolute atomic E-state index is 0.104. The third kappa shape index (κ3) is 2.80. The summed E-state index contributed by atoms with van der Waals surface area (Å²) in [5, 5.41) is 3.99. The topological polar surface area (TPSA) is 87.1 Å². The van der Waals surface area contributed by atoms with Crippen LogP contribution in [0.2, 0.25) is 0 Å². The molecule has 0 aliphatic carbocycles. The quantitative estimate of drug-likeness (QED) is 0.889. The van der Waals surface area contributed by atoms with Crippen molar-refractivity contribution in [2.45, 2.75) is 31.5 Å². The molecule has 2 unspecified atom stereocenters. The average molecular weight is 260 g/mol. The van der Waals surface area contributed by atoms with Crippen LogP contribution < -0.4 is 5.73 Å². The largest absolute Gasteiger partial charge is 0.364 e. The lowest BCUT2D eigenvalue weighted by Gasteiger charge is -2.07. The van der Waals surface area contributed by atoms with E-state index in [1.165, 1.54) is 0 Å². The van der Waals surface area contributed by atoms with Crippen molar-refractivity contribution in [2.24, 2.45) is 5.73 Å². The van der Waals surface area contributed by atoms with Crippen LogP contribution in [0.4, 0.5) is 0 Å². The molecular formula is C13H16N4O2. The van der Waals surface area contributed by atoms with Gasteiger partial charge in [-0.1, -0.05) is 5.16 Å². The molecule has 3 rings (SSSR count). The number of hydrogen-bond donors (Lipinski definition) is 1. The van der Waals surface area contributed by atoms with Crippen LogP contribution in [0.25, 0.3) is 0 Å². The molecule has 0 amide bonds. The monoisotopic (exact) mass is 260 g/mol. The number of aromatic nitrogens is 3. The Morgan fingerprint density at radius 3 is 2.84 bits per heavy atom. The van der Waals surface area contributed by atoms with Crippen molar-refractivity contribution in [3.05, 3.63) is 41.8 Å². The standard InChI is InChI=1S/C13H16N4O2/c14-8-10-1-2-11(18-10)13-16-12(17-19-13)7-9-3-5-15-6-4-9/h3-6,10-11H,1-2,7-8,14H2. The number of rotatable bonds is 4. The molecule has 6 nitrogen and oxygen atoms in total. The third-order valence-electron chi connectivity index (χ3n) is 3.24. The number of pyridine rings is 1. The van der Waals surface area contributed by atoms with Crippen LogP contribution in [0.15, 0.2) is 29.0 Å². The van der Waals surface area contributed by atoms with Gasteiger partial charge in [-0.2, -0.15) is 4.98 Å². The lowest BCUT2D eigenvalue weighted by Crippen LogP contribution is -2.18. The van der Waals surface area contributed by atoms with E-state index in [9.17, 15) is 0 Å². The minimum Gasteiger partial charge on any atom is -0.364 e. The molecule has 0 spiro atoms. The molecule has 1 saturated heterocycles. The highest BCUT2D eigenvalue weighted by molar-refractivity contribution is 5.14. The summed E-state index contributed by atoms with van der Waals surface area (Å²) in [4.78, 5) is 8.37. The molecule has 2 aromatic heterocycles. The first-order valence-electron chi connectivity index (χ1n) is 6.42. The van der Waals surface area contributed by atoms with Crippen molar-refractivity contribution in [1.29, 1.82) is 0 Å². The van der Waals surface area contributed by atoms with E-state index in [2.05, 4.69) is 15.1 Å². The molecule has 0 aromatic carbocycles. The molecule has 1 aliphatic rings. The Balaban J connectivity index is 1.67. The van der Waals surface area contributed by atoms with Crippen LogP contribution in [0.3, 0.4) is 0 Å². The van der Waals surface area contributed by atoms with Crippen molar-refractivity contribution in [1.82, 2.24) is 15.1 Å². The lowest BCUT2D eigenvalue weighted by atomic mass is 10.2. The molecule has 0 bridgehead atoms. The molecule has 1 aliphatic heterocycles. The summed E-state index contributed by atoms with van der Waals surface area (Å²) in [5.41, 5.74) is 6.69. The van der Waals surface area contributed by atoms with E-state index in [4.69, 9.17) is 15.0 Å². The highest BCUT2D eigenvalue weighted by Gasteiger charge is 2.29. The van der Waals surface area contributed by atoms with Crippen LogP contribution in [0.5, 0.6) is 0 Å². The van der Waals surface area contributed by atoms with Crippen molar-refractivity contribution in [3.8, 4) is 0 Å². The smallest absolute Gasteiger partial charge is 0.255 e. The first-order valence-corrected chi connectivity index (χ1v) is 6.42. The average Bonchev–Trinajstić information content (AvgIpc) is 3.08. The highest BCUT2D eigenvalue weighted by atomic mass is 16.5. The predicted molar refractivity (Wildman–Crippen MR) is 67.2 cm³/mol. The normalized spacial score (nSPS) is 22.8. The van der Waals surface area contributed by atoms with Crippen molar-refractivity contribution in [2.75, 3.05) is 6.54 Å². The van der Waals surface area contributed by atoms with Crippen LogP contribution in [0, 0.1) is 0 Å². The van der Waals surface area contributed by atoms with Gasteiger partial charge in [-0.3, -0.25) is 4.98 Å². The summed E-state index contributed by atoms with van der Waals surface area (Å²) in [6.07, 6.45) is 5.98. The lowest BCUT2D eigenvalue weighted by molar-refractivity contribution is 0.0307. The second-order valence-electron chi connectivity index (χ2n) is 4.64. The van der Waals surface area contributed by atoms with Gasteiger partial charge in [-0.25, -0.2) is 0 Å². The predicted octanol–water partition coefficient (Wildman–Crippen LogP) is 1.23. The second-order valence-corrected chi connectivity index (χ2v) is 4.64. The molecule has 19 heavy (non-hydrogen) atoms. The fourth-order valence-electron chi connectivity index (χ4n) is 2.21. The highest BCUT2D eigenvalue weighted by Crippen LogP contribution is 2.31. The Bertz CT molecular complexity index is 528. The Labute approximate surface area is 111 Å². The van der Waals surface area contributed by atoms with E-state index in [0.29, 0.717) is 24.7 Å². The Morgan fingerprint density at radius 1 is 1.26 bits per heavy atom. The van der Waals surface area contributed by atoms with Crippen molar-refractivity contribution in [3.63, 3.8) is 0 Å². The summed E-state index contributed by atoms with van der Waals surface area (Å²) < 4.78 is 11.0. The molecule has 2 atom stereocenters. The van der Waals surface area contributed by atoms with E-state index in [1.807, 2.05) is 12.1 Å². The number of hydrogen-bond acceptors (Lipinski definition) is 6. The van der Waals surface area contributed by atoms with Gasteiger partial charge in [0.15, 0.2) is 5.82 Å². The van der Waals surface area contributed by atoms with Gasteiger partial charge in [0.25, 0.3) is 5.89 Å². The van der Waals surface area contributed by atoms with Crippen molar-refractivity contribution >= 4 is 0 Å². The molecule has 6 heteroatoms. The van der Waals surface area contributed by atoms with E-state index in [-0.39, 0.29) is 12.2 Å². The molecule has 2 N–H and O–H groups in total. The summed E-state index contributed by atoms with van der Waals surface area (Å²) in [6.45, 7) is 0.536. The first kappa shape index (κ1) is 12.3. The molecule has 100 valence electrons. The third-order valence-corrected chi connectivity index (χ3v) is 3.24. The SMILES string of the molecule is NCC1CCC(c2nc(Cc3ccncc3)no2)O1. The molecule has 0 radical (unpaired) electrons. The van der Waals surface area contributed by atoms with Gasteiger partial charge in [0.2, 0.25) is 0 Å². The second kappa shape index (κ2) is 5.46. The first-order chi connectivity index (χ1) is 9.35. The maximum Gasteiger partial charge on any atom is 0.255 e. The fourth-order valence-corrected chi connectivity index (χ4v) is 2.21. The number of ether oxygens (including phenoxy) is 1. The summed E-state index contributed by atoms with van der Waals surface area (Å²) in [6, 6.07) is 3.87. The Morgan fingerprint density at radius 2 is 2.11 bits per heavy atom. The van der Waals surface area contributed by atoms with E-state index in [0.717, 1.165) is 18.4 Å². The Hall–Kier alpha value is -1.79. The zero-order valence-electron chi connectivity index (χ0n) is 10.5. The molecule has 1 fully saturated rings. The minimum atomic E-state index is -0.104. The van der Waals surface area contributed by atoms with Gasteiger partial charge in [-0.05, 0) is 30.5 Å². The maximum absolute atomic E-state index is 5.73. The zero-order chi connectivity index (χ0) is 13.1. The maximum atomic E-state index is 5.73. The number of nitrogens with zero attached hydrogens (tertiary/aromatic N) is 3. The summed E-state index contributed by atoms with van der Waals surface area (Å²) in [7, 11) is 0. The van der Waals surface area contributed by atoms with Crippen LogP contribution in [0.1, 0.15) is 36.2 Å². The van der Waals surface area contributed by atoms with Gasteiger partial charge < -0.3 is 15.0 Å². The van der Waals surface area contributed by atoms with Crippen LogP contribution in [-0.2, 0) is 11.2 Å². The van der Waals surface area contributed by atoms with E-state index >= 15 is 0 Å². The summed E-state index contributed by atoms with van der Waals surface area (Å²) in [5.74, 6) is 1.22. The fraction of sp³-hybridized carbons (Fsp3) is 0.462. The van der Waals surface area contributed by atoms with Gasteiger partial charge in [0, 0.05) is 25.4 Å². The van der Waals surface area contributed by atoms with Crippen LogP contribution in [-0.4, -0.2) is 27.8 Å². The van der Waals surface area contributed by atoms with Crippen LogP contribution >= 0.6 is 0 Å². The Kier molecular flexibility index (Phi) is 3.52. The molecule has 3 heterocycles. The molecule has 0 saturated carbocycles. The van der Waals surface area contributed by atoms with Gasteiger partial charge in [-0.15, -0.1) is 0 Å². The molecule has 2 aromatic rings. The summed E-state index contributed by atoms with van der Waals surface area (Å²) >= 11 is 0. The zero-order valence-corrected chi connectivity index (χ0v) is 10.5. The van der Waals surface area contributed by atoms with Gasteiger partial charge in [0.1, 0.15) is 6.10 Å². The number of nitrogens with two attached hydrogens (primary N) is 1. The van der Waals surface area contributed by atoms with Gasteiger partial charge in [0.05, 0.1) is 6.10 Å². The van der Waals surface area contributed by atoms with E-state index < -0.39 is 0 Å².